The number of aromatic nitrogens is 1. The van der Waals surface area contributed by atoms with Gasteiger partial charge >= 0.3 is 0 Å². The third-order valence-electron chi connectivity index (χ3n) is 2.88. The van der Waals surface area contributed by atoms with E-state index in [1.807, 2.05) is 12.1 Å². The van der Waals surface area contributed by atoms with Gasteiger partial charge in [0.1, 0.15) is 0 Å². The number of benzene rings is 1. The summed E-state index contributed by atoms with van der Waals surface area (Å²) in [7, 11) is 1.71. The van der Waals surface area contributed by atoms with Crippen molar-refractivity contribution in [1.29, 1.82) is 0 Å². The van der Waals surface area contributed by atoms with Gasteiger partial charge in [-0.2, -0.15) is 0 Å². The van der Waals surface area contributed by atoms with Crippen LogP contribution in [0, 0.1) is 0 Å². The topological polar surface area (TPSA) is 40.2 Å². The molecule has 4 heteroatoms. The highest BCUT2D eigenvalue weighted by molar-refractivity contribution is 6.31. The quantitative estimate of drug-likeness (QED) is 0.888. The predicted molar refractivity (Wildman–Crippen MR) is 71.6 cm³/mol. The largest absolute Gasteiger partial charge is 0.383 e. The Balaban J connectivity index is 2.46. The summed E-state index contributed by atoms with van der Waals surface area (Å²) in [4.78, 5) is 0. The summed E-state index contributed by atoms with van der Waals surface area (Å²) in [5, 5.41) is 1.99. The first-order valence-corrected chi connectivity index (χ1v) is 6.10. The zero-order valence-corrected chi connectivity index (χ0v) is 10.7. The highest BCUT2D eigenvalue weighted by atomic mass is 35.5. The first-order valence-electron chi connectivity index (χ1n) is 5.72. The maximum absolute atomic E-state index is 6.04. The van der Waals surface area contributed by atoms with Crippen LogP contribution < -0.4 is 5.73 Å². The molecule has 0 saturated heterocycles. The van der Waals surface area contributed by atoms with Gasteiger partial charge in [0.25, 0.3) is 0 Å². The van der Waals surface area contributed by atoms with Gasteiger partial charge in [-0.25, -0.2) is 0 Å². The number of rotatable bonds is 5. The van der Waals surface area contributed by atoms with Crippen molar-refractivity contribution in [2.24, 2.45) is 5.73 Å². The van der Waals surface area contributed by atoms with E-state index in [0.29, 0.717) is 13.2 Å². The monoisotopic (exact) mass is 252 g/mol. The van der Waals surface area contributed by atoms with Crippen LogP contribution in [0.15, 0.2) is 24.4 Å². The Morgan fingerprint density at radius 1 is 1.41 bits per heavy atom. The molecule has 1 aromatic heterocycles. The van der Waals surface area contributed by atoms with E-state index >= 15 is 0 Å². The van der Waals surface area contributed by atoms with Gasteiger partial charge in [-0.1, -0.05) is 17.7 Å². The molecule has 2 rings (SSSR count). The summed E-state index contributed by atoms with van der Waals surface area (Å²) in [6.45, 7) is 2.18. The van der Waals surface area contributed by atoms with Gasteiger partial charge in [0.2, 0.25) is 0 Å². The van der Waals surface area contributed by atoms with Gasteiger partial charge in [0.05, 0.1) is 6.61 Å². The van der Waals surface area contributed by atoms with E-state index in [1.54, 1.807) is 7.11 Å². The van der Waals surface area contributed by atoms with Crippen molar-refractivity contribution in [3.63, 3.8) is 0 Å². The normalized spacial score (nSPS) is 11.2. The van der Waals surface area contributed by atoms with E-state index in [9.17, 15) is 0 Å². The van der Waals surface area contributed by atoms with Crippen LogP contribution in [0.25, 0.3) is 10.9 Å². The molecule has 2 N–H and O–H groups in total. The first-order chi connectivity index (χ1) is 8.26. The van der Waals surface area contributed by atoms with E-state index in [0.717, 1.165) is 23.5 Å². The Morgan fingerprint density at radius 2 is 2.24 bits per heavy atom. The average Bonchev–Trinajstić information content (AvgIpc) is 2.65. The Hall–Kier alpha value is -1.03. The maximum atomic E-state index is 6.04. The molecule has 3 nitrogen and oxygen atoms in total. The Kier molecular flexibility index (Phi) is 4.05. The molecule has 1 heterocycles. The molecule has 0 saturated carbocycles. The van der Waals surface area contributed by atoms with Crippen molar-refractivity contribution in [2.45, 2.75) is 13.0 Å². The molecule has 0 bridgehead atoms. The van der Waals surface area contributed by atoms with Crippen LogP contribution in [0.1, 0.15) is 5.56 Å². The third-order valence-corrected chi connectivity index (χ3v) is 3.11. The molecule has 1 aromatic carbocycles. The third kappa shape index (κ3) is 2.63. The SMILES string of the molecule is COCCn1cc(CCN)c2ccc(Cl)cc21. The lowest BCUT2D eigenvalue weighted by molar-refractivity contribution is 0.188. The van der Waals surface area contributed by atoms with Crippen LogP contribution >= 0.6 is 11.6 Å². The van der Waals surface area contributed by atoms with Crippen molar-refractivity contribution in [1.82, 2.24) is 4.57 Å². The fourth-order valence-corrected chi connectivity index (χ4v) is 2.24. The highest BCUT2D eigenvalue weighted by Gasteiger charge is 2.08. The Morgan fingerprint density at radius 3 is 2.94 bits per heavy atom. The summed E-state index contributed by atoms with van der Waals surface area (Å²) >= 11 is 6.04. The van der Waals surface area contributed by atoms with E-state index in [4.69, 9.17) is 22.1 Å². The average molecular weight is 253 g/mol. The van der Waals surface area contributed by atoms with E-state index in [1.165, 1.54) is 10.9 Å². The molecule has 0 atom stereocenters. The van der Waals surface area contributed by atoms with E-state index in [2.05, 4.69) is 16.8 Å². The van der Waals surface area contributed by atoms with Crippen molar-refractivity contribution in [3.8, 4) is 0 Å². The van der Waals surface area contributed by atoms with Crippen molar-refractivity contribution in [2.75, 3.05) is 20.3 Å². The van der Waals surface area contributed by atoms with Crippen LogP contribution in [0.3, 0.4) is 0 Å². The number of halogens is 1. The Bertz CT molecular complexity index is 507. The molecule has 2 aromatic rings. The van der Waals surface area contributed by atoms with Crippen LogP contribution in [0.4, 0.5) is 0 Å². The number of nitrogens with two attached hydrogens (primary N) is 1. The fraction of sp³-hybridized carbons (Fsp3) is 0.385. The minimum Gasteiger partial charge on any atom is -0.383 e. The van der Waals surface area contributed by atoms with Gasteiger partial charge in [-0.15, -0.1) is 0 Å². The molecule has 92 valence electrons. The molecule has 0 aliphatic heterocycles. The van der Waals surface area contributed by atoms with Gasteiger partial charge in [-0.3, -0.25) is 0 Å². The predicted octanol–water partition coefficient (Wildman–Crippen LogP) is 2.44. The lowest BCUT2D eigenvalue weighted by atomic mass is 10.1. The standard InChI is InChI=1S/C13H17ClN2O/c1-17-7-6-16-9-10(4-5-15)12-3-2-11(14)8-13(12)16/h2-3,8-9H,4-7,15H2,1H3. The minimum atomic E-state index is 0.659. The molecular weight excluding hydrogens is 236 g/mol. The molecule has 17 heavy (non-hydrogen) atoms. The lowest BCUT2D eigenvalue weighted by Crippen LogP contribution is -2.03. The molecule has 0 aliphatic carbocycles. The number of hydrogen-bond donors (Lipinski definition) is 1. The number of hydrogen-bond acceptors (Lipinski definition) is 2. The maximum Gasteiger partial charge on any atom is 0.0641 e. The summed E-state index contributed by atoms with van der Waals surface area (Å²) in [6, 6.07) is 5.98. The molecule has 0 fully saturated rings. The second-order valence-electron chi connectivity index (χ2n) is 4.04. The van der Waals surface area contributed by atoms with Gasteiger partial charge in [0.15, 0.2) is 0 Å². The van der Waals surface area contributed by atoms with Crippen LogP contribution in [-0.2, 0) is 17.7 Å². The minimum absolute atomic E-state index is 0.659. The number of fused-ring (bicyclic) bond motifs is 1. The van der Waals surface area contributed by atoms with Crippen LogP contribution in [0.5, 0.6) is 0 Å². The molecule has 0 spiro atoms. The lowest BCUT2D eigenvalue weighted by Gasteiger charge is -2.04. The highest BCUT2D eigenvalue weighted by Crippen LogP contribution is 2.25. The number of methoxy groups -OCH3 is 1. The molecular formula is C13H17ClN2O. The second kappa shape index (κ2) is 5.54. The van der Waals surface area contributed by atoms with Crippen molar-refractivity contribution >= 4 is 22.5 Å². The fourth-order valence-electron chi connectivity index (χ4n) is 2.07. The molecule has 0 aliphatic rings. The summed E-state index contributed by atoms with van der Waals surface area (Å²) in [6.07, 6.45) is 3.03. The summed E-state index contributed by atoms with van der Waals surface area (Å²) < 4.78 is 7.29. The van der Waals surface area contributed by atoms with Crippen LogP contribution in [0.2, 0.25) is 5.02 Å². The zero-order chi connectivity index (χ0) is 12.3. The smallest absolute Gasteiger partial charge is 0.0641 e. The molecule has 0 amide bonds. The molecule has 0 radical (unpaired) electrons. The van der Waals surface area contributed by atoms with Crippen molar-refractivity contribution in [3.05, 3.63) is 35.0 Å². The van der Waals surface area contributed by atoms with E-state index < -0.39 is 0 Å². The Labute approximate surface area is 106 Å². The first kappa shape index (κ1) is 12.4. The van der Waals surface area contributed by atoms with Gasteiger partial charge in [0, 0.05) is 35.8 Å². The number of nitrogens with zero attached hydrogens (tertiary/aromatic N) is 1. The van der Waals surface area contributed by atoms with Gasteiger partial charge in [-0.05, 0) is 30.7 Å². The van der Waals surface area contributed by atoms with Gasteiger partial charge < -0.3 is 15.0 Å². The van der Waals surface area contributed by atoms with Crippen molar-refractivity contribution < 1.29 is 4.74 Å². The second-order valence-corrected chi connectivity index (χ2v) is 4.48. The zero-order valence-electron chi connectivity index (χ0n) is 9.95. The van der Waals surface area contributed by atoms with E-state index in [-0.39, 0.29) is 0 Å². The number of ether oxygens (including phenoxy) is 1. The molecule has 0 unspecified atom stereocenters. The van der Waals surface area contributed by atoms with Crippen LogP contribution in [-0.4, -0.2) is 24.8 Å². The summed E-state index contributed by atoms with van der Waals surface area (Å²) in [5.74, 6) is 0. The summed E-state index contributed by atoms with van der Waals surface area (Å²) in [5.41, 5.74) is 8.06.